The van der Waals surface area contributed by atoms with Crippen molar-refractivity contribution in [3.05, 3.63) is 47.8 Å². The molecule has 0 aromatic carbocycles. The molecule has 4 heterocycles. The first-order valence-corrected chi connectivity index (χ1v) is 13.8. The molecule has 208 valence electrons. The van der Waals surface area contributed by atoms with Crippen LogP contribution in [-0.2, 0) is 9.53 Å². The van der Waals surface area contributed by atoms with E-state index >= 15 is 0 Å². The Morgan fingerprint density at radius 1 is 1.10 bits per heavy atom. The van der Waals surface area contributed by atoms with E-state index in [9.17, 15) is 20.0 Å². The van der Waals surface area contributed by atoms with E-state index in [4.69, 9.17) is 4.74 Å². The van der Waals surface area contributed by atoms with Crippen LogP contribution in [0.15, 0.2) is 36.7 Å². The molecule has 3 aromatic rings. The highest BCUT2D eigenvalue weighted by molar-refractivity contribution is 6.02. The number of nitrogens with zero attached hydrogens (tertiary/aromatic N) is 5. The first-order valence-electron chi connectivity index (χ1n) is 13.8. The molecule has 40 heavy (non-hydrogen) atoms. The molecule has 1 atom stereocenters. The lowest BCUT2D eigenvalue weighted by Gasteiger charge is -2.51. The van der Waals surface area contributed by atoms with E-state index in [0.717, 1.165) is 49.7 Å². The summed E-state index contributed by atoms with van der Waals surface area (Å²) < 4.78 is 7.06. The zero-order valence-corrected chi connectivity index (χ0v) is 22.5. The molecule has 2 bridgehead atoms. The molecular formula is C29H33N7O4. The van der Waals surface area contributed by atoms with E-state index in [2.05, 4.69) is 26.8 Å². The van der Waals surface area contributed by atoms with Crippen molar-refractivity contribution in [2.45, 2.75) is 62.6 Å². The quantitative estimate of drug-likeness (QED) is 0.430. The fourth-order valence-electron chi connectivity index (χ4n) is 6.17. The fraction of sp³-hybridized carbons (Fsp3) is 0.483. The predicted octanol–water partition coefficient (Wildman–Crippen LogP) is 2.49. The average molecular weight is 544 g/mol. The molecule has 11 heteroatoms. The number of fused-ring (bicyclic) bond motifs is 4. The van der Waals surface area contributed by atoms with Crippen LogP contribution in [0.1, 0.15) is 61.4 Å². The predicted molar refractivity (Wildman–Crippen MR) is 146 cm³/mol. The largest absolute Gasteiger partial charge is 0.390 e. The van der Waals surface area contributed by atoms with Gasteiger partial charge >= 0.3 is 0 Å². The van der Waals surface area contributed by atoms with E-state index in [-0.39, 0.29) is 17.4 Å². The number of hydrogen-bond donors (Lipinski definition) is 3. The highest BCUT2D eigenvalue weighted by atomic mass is 16.5. The van der Waals surface area contributed by atoms with Crippen molar-refractivity contribution in [2.24, 2.45) is 0 Å². The summed E-state index contributed by atoms with van der Waals surface area (Å²) in [5.74, 6) is -0.525. The van der Waals surface area contributed by atoms with Crippen LogP contribution in [0.4, 0.5) is 5.69 Å². The number of morpholine rings is 1. The highest BCUT2D eigenvalue weighted by Gasteiger charge is 2.48. The maximum Gasteiger partial charge on any atom is 0.255 e. The maximum atomic E-state index is 13.6. The van der Waals surface area contributed by atoms with Crippen molar-refractivity contribution < 1.29 is 19.4 Å². The molecule has 11 nitrogen and oxygen atoms in total. The molecule has 3 N–H and O–H groups in total. The minimum Gasteiger partial charge on any atom is -0.390 e. The van der Waals surface area contributed by atoms with Gasteiger partial charge in [0.1, 0.15) is 12.1 Å². The van der Waals surface area contributed by atoms with Crippen LogP contribution in [0.2, 0.25) is 0 Å². The van der Waals surface area contributed by atoms with Crippen molar-refractivity contribution in [1.82, 2.24) is 24.8 Å². The normalized spacial score (nSPS) is 24.9. The molecule has 0 spiro atoms. The number of amides is 2. The smallest absolute Gasteiger partial charge is 0.255 e. The lowest BCUT2D eigenvalue weighted by atomic mass is 9.63. The van der Waals surface area contributed by atoms with Gasteiger partial charge in [-0.3, -0.25) is 14.6 Å². The van der Waals surface area contributed by atoms with Gasteiger partial charge in [0.2, 0.25) is 5.91 Å². The Balaban J connectivity index is 1.32. The molecule has 1 saturated heterocycles. The Kier molecular flexibility index (Phi) is 6.68. The summed E-state index contributed by atoms with van der Waals surface area (Å²) in [6.07, 6.45) is 7.63. The van der Waals surface area contributed by atoms with Crippen LogP contribution in [0.25, 0.3) is 16.9 Å². The van der Waals surface area contributed by atoms with Gasteiger partial charge in [0, 0.05) is 24.8 Å². The SMILES string of the molecule is CC(NC(=O)c1cnc(-c2ccc3cc(C#N)cnn23)cc1NC12CCC(O)(CC1)CC2)C(=O)N1CCOCC1. The summed E-state index contributed by atoms with van der Waals surface area (Å²) >= 11 is 0. The minimum atomic E-state index is -0.705. The summed E-state index contributed by atoms with van der Waals surface area (Å²) in [6.45, 7) is 3.69. The number of aromatic nitrogens is 3. The second-order valence-electron chi connectivity index (χ2n) is 11.3. The third kappa shape index (κ3) is 4.89. The Hall–Kier alpha value is -4.01. The van der Waals surface area contributed by atoms with Gasteiger partial charge in [-0.15, -0.1) is 0 Å². The number of carbonyl (C=O) groups is 2. The standard InChI is InChI=1S/C29H33N7O4/c1-19(27(38)35-10-12-40-13-11-35)33-26(37)22-18-31-24(25-3-2-21-14-20(16-30)17-32-36(21)25)15-23(22)34-28-4-7-29(39,8-5-28)9-6-28/h2-3,14-15,17-19,39H,4-13H2,1H3,(H,31,34)(H,33,37). The molecule has 7 rings (SSSR count). The second kappa shape index (κ2) is 10.2. The topological polar surface area (TPSA) is 145 Å². The number of anilines is 1. The number of ether oxygens (including phenoxy) is 1. The van der Waals surface area contributed by atoms with E-state index in [0.29, 0.717) is 48.8 Å². The molecule has 3 aliphatic carbocycles. The van der Waals surface area contributed by atoms with Gasteiger partial charge in [0.25, 0.3) is 5.91 Å². The summed E-state index contributed by atoms with van der Waals surface area (Å²) in [6, 6.07) is 8.78. The van der Waals surface area contributed by atoms with Crippen molar-refractivity contribution >= 4 is 23.0 Å². The third-order valence-corrected chi connectivity index (χ3v) is 8.69. The molecule has 3 saturated carbocycles. The Labute approximate surface area is 232 Å². The minimum absolute atomic E-state index is 0.143. The van der Waals surface area contributed by atoms with Gasteiger partial charge in [0.05, 0.1) is 58.7 Å². The third-order valence-electron chi connectivity index (χ3n) is 8.69. The van der Waals surface area contributed by atoms with Crippen LogP contribution >= 0.6 is 0 Å². The summed E-state index contributed by atoms with van der Waals surface area (Å²) in [5.41, 5.74) is 2.75. The summed E-state index contributed by atoms with van der Waals surface area (Å²) in [5, 5.41) is 30.9. The van der Waals surface area contributed by atoms with Crippen LogP contribution in [0.3, 0.4) is 0 Å². The monoisotopic (exact) mass is 543 g/mol. The van der Waals surface area contributed by atoms with Crippen LogP contribution in [0.5, 0.6) is 0 Å². The molecule has 4 fully saturated rings. The molecule has 0 radical (unpaired) electrons. The van der Waals surface area contributed by atoms with Gasteiger partial charge in [-0.25, -0.2) is 4.52 Å². The number of nitriles is 1. The van der Waals surface area contributed by atoms with E-state index in [1.54, 1.807) is 28.6 Å². The lowest BCUT2D eigenvalue weighted by Crippen LogP contribution is -2.54. The summed E-state index contributed by atoms with van der Waals surface area (Å²) in [7, 11) is 0. The number of hydrogen-bond acceptors (Lipinski definition) is 8. The number of aliphatic hydroxyl groups is 1. The van der Waals surface area contributed by atoms with Gasteiger partial charge < -0.3 is 25.4 Å². The lowest BCUT2D eigenvalue weighted by molar-refractivity contribution is -0.136. The van der Waals surface area contributed by atoms with Crippen molar-refractivity contribution in [2.75, 3.05) is 31.6 Å². The number of rotatable bonds is 6. The van der Waals surface area contributed by atoms with Crippen LogP contribution < -0.4 is 10.6 Å². The zero-order chi connectivity index (χ0) is 27.9. The molecule has 3 aromatic heterocycles. The first-order chi connectivity index (χ1) is 19.3. The zero-order valence-electron chi connectivity index (χ0n) is 22.5. The number of pyridine rings is 1. The Morgan fingerprint density at radius 2 is 1.82 bits per heavy atom. The van der Waals surface area contributed by atoms with Crippen molar-refractivity contribution in [1.29, 1.82) is 5.26 Å². The highest BCUT2D eigenvalue weighted by Crippen LogP contribution is 2.48. The Morgan fingerprint density at radius 3 is 2.52 bits per heavy atom. The van der Waals surface area contributed by atoms with Gasteiger partial charge in [-0.05, 0) is 69.7 Å². The van der Waals surface area contributed by atoms with Crippen LogP contribution in [-0.4, -0.2) is 79.9 Å². The molecule has 1 unspecified atom stereocenters. The molecule has 2 amide bonds. The average Bonchev–Trinajstić information content (AvgIpc) is 3.41. The van der Waals surface area contributed by atoms with Crippen molar-refractivity contribution in [3.63, 3.8) is 0 Å². The van der Waals surface area contributed by atoms with E-state index in [1.165, 1.54) is 6.20 Å². The first kappa shape index (κ1) is 26.2. The van der Waals surface area contributed by atoms with Crippen LogP contribution in [0, 0.1) is 11.3 Å². The van der Waals surface area contributed by atoms with E-state index < -0.39 is 11.6 Å². The summed E-state index contributed by atoms with van der Waals surface area (Å²) in [4.78, 5) is 32.8. The molecule has 1 aliphatic heterocycles. The fourth-order valence-corrected chi connectivity index (χ4v) is 6.17. The van der Waals surface area contributed by atoms with E-state index in [1.807, 2.05) is 18.2 Å². The molecule has 4 aliphatic rings. The van der Waals surface area contributed by atoms with Crippen molar-refractivity contribution in [3.8, 4) is 17.5 Å². The van der Waals surface area contributed by atoms with Gasteiger partial charge in [0.15, 0.2) is 0 Å². The Bertz CT molecular complexity index is 1480. The van der Waals surface area contributed by atoms with Gasteiger partial charge in [-0.2, -0.15) is 10.4 Å². The molecular weight excluding hydrogens is 510 g/mol. The number of nitrogens with one attached hydrogen (secondary N) is 2. The second-order valence-corrected chi connectivity index (χ2v) is 11.3. The number of carbonyl (C=O) groups excluding carboxylic acids is 2. The maximum absolute atomic E-state index is 13.6. The van der Waals surface area contributed by atoms with Gasteiger partial charge in [-0.1, -0.05) is 0 Å².